The second-order valence-corrected chi connectivity index (χ2v) is 5.48. The van der Waals surface area contributed by atoms with Crippen molar-refractivity contribution in [2.24, 2.45) is 0 Å². The zero-order chi connectivity index (χ0) is 14.3. The smallest absolute Gasteiger partial charge is 0.356 e. The third-order valence-corrected chi connectivity index (χ3v) is 3.63. The molecule has 0 saturated heterocycles. The van der Waals surface area contributed by atoms with Gasteiger partial charge >= 0.3 is 5.97 Å². The van der Waals surface area contributed by atoms with Gasteiger partial charge in [-0.1, -0.05) is 28.1 Å². The van der Waals surface area contributed by atoms with Crippen molar-refractivity contribution in [2.75, 3.05) is 0 Å². The SMILES string of the molecule is Cc1cc(C(=O)O)nn1-c1ccc2cc(Br)ccc2c1. The van der Waals surface area contributed by atoms with Gasteiger partial charge in [0.15, 0.2) is 5.69 Å². The lowest BCUT2D eigenvalue weighted by molar-refractivity contribution is 0.0690. The minimum atomic E-state index is -1.02. The molecule has 1 heterocycles. The number of hydrogen-bond donors (Lipinski definition) is 1. The van der Waals surface area contributed by atoms with Crippen LogP contribution in [0.2, 0.25) is 0 Å². The maximum atomic E-state index is 11.0. The molecule has 0 spiro atoms. The molecule has 0 aliphatic rings. The van der Waals surface area contributed by atoms with E-state index in [0.29, 0.717) is 0 Å². The van der Waals surface area contributed by atoms with Gasteiger partial charge in [-0.15, -0.1) is 0 Å². The summed E-state index contributed by atoms with van der Waals surface area (Å²) < 4.78 is 2.67. The molecule has 0 amide bonds. The van der Waals surface area contributed by atoms with Gasteiger partial charge in [-0.05, 0) is 48.0 Å². The van der Waals surface area contributed by atoms with Gasteiger partial charge in [-0.25, -0.2) is 9.48 Å². The fraction of sp³-hybridized carbons (Fsp3) is 0.0667. The summed E-state index contributed by atoms with van der Waals surface area (Å²) >= 11 is 3.44. The second kappa shape index (κ2) is 4.76. The average molecular weight is 331 g/mol. The standard InChI is InChI=1S/C15H11BrN2O2/c1-9-6-14(15(19)20)17-18(9)13-5-3-10-7-12(16)4-2-11(10)8-13/h2-8H,1H3,(H,19,20). The lowest BCUT2D eigenvalue weighted by atomic mass is 10.1. The fourth-order valence-corrected chi connectivity index (χ4v) is 2.55. The quantitative estimate of drug-likeness (QED) is 0.777. The predicted octanol–water partition coefficient (Wildman–Crippen LogP) is 3.79. The molecule has 20 heavy (non-hydrogen) atoms. The van der Waals surface area contributed by atoms with Gasteiger partial charge in [-0.3, -0.25) is 0 Å². The Kier molecular flexibility index (Phi) is 3.06. The van der Waals surface area contributed by atoms with Crippen molar-refractivity contribution in [3.63, 3.8) is 0 Å². The minimum Gasteiger partial charge on any atom is -0.476 e. The lowest BCUT2D eigenvalue weighted by Crippen LogP contribution is -2.02. The summed E-state index contributed by atoms with van der Waals surface area (Å²) in [6.45, 7) is 1.84. The summed E-state index contributed by atoms with van der Waals surface area (Å²) in [6.07, 6.45) is 0. The highest BCUT2D eigenvalue weighted by Crippen LogP contribution is 2.23. The van der Waals surface area contributed by atoms with E-state index in [1.807, 2.05) is 43.3 Å². The van der Waals surface area contributed by atoms with Crippen molar-refractivity contribution in [3.8, 4) is 5.69 Å². The Balaban J connectivity index is 2.14. The van der Waals surface area contributed by atoms with E-state index in [0.717, 1.165) is 26.6 Å². The summed E-state index contributed by atoms with van der Waals surface area (Å²) in [5.41, 5.74) is 1.70. The zero-order valence-corrected chi connectivity index (χ0v) is 12.3. The molecule has 0 atom stereocenters. The number of carbonyl (C=O) groups is 1. The molecule has 0 radical (unpaired) electrons. The molecule has 0 aliphatic carbocycles. The van der Waals surface area contributed by atoms with Crippen LogP contribution in [0.5, 0.6) is 0 Å². The van der Waals surface area contributed by atoms with Crippen LogP contribution in [-0.4, -0.2) is 20.9 Å². The van der Waals surface area contributed by atoms with Crippen LogP contribution in [0, 0.1) is 6.92 Å². The fourth-order valence-electron chi connectivity index (χ4n) is 2.18. The number of fused-ring (bicyclic) bond motifs is 1. The Bertz CT molecular complexity index is 824. The molecule has 1 aromatic heterocycles. The Labute approximate surface area is 123 Å². The lowest BCUT2D eigenvalue weighted by Gasteiger charge is -2.06. The molecular weight excluding hydrogens is 320 g/mol. The van der Waals surface area contributed by atoms with E-state index in [1.54, 1.807) is 10.7 Å². The Morgan fingerprint density at radius 1 is 1.15 bits per heavy atom. The first kappa shape index (κ1) is 12.9. The first-order valence-corrected chi connectivity index (χ1v) is 6.83. The topological polar surface area (TPSA) is 55.1 Å². The van der Waals surface area contributed by atoms with Crippen molar-refractivity contribution in [1.29, 1.82) is 0 Å². The van der Waals surface area contributed by atoms with Gasteiger partial charge in [-0.2, -0.15) is 5.10 Å². The molecule has 2 aromatic carbocycles. The maximum absolute atomic E-state index is 11.0. The van der Waals surface area contributed by atoms with E-state index >= 15 is 0 Å². The van der Waals surface area contributed by atoms with E-state index in [4.69, 9.17) is 5.11 Å². The van der Waals surface area contributed by atoms with E-state index in [2.05, 4.69) is 21.0 Å². The van der Waals surface area contributed by atoms with Gasteiger partial charge in [0.1, 0.15) is 0 Å². The molecule has 0 fully saturated rings. The van der Waals surface area contributed by atoms with E-state index < -0.39 is 5.97 Å². The third-order valence-electron chi connectivity index (χ3n) is 3.14. The molecule has 4 nitrogen and oxygen atoms in total. The second-order valence-electron chi connectivity index (χ2n) is 4.56. The summed E-state index contributed by atoms with van der Waals surface area (Å²) in [7, 11) is 0. The van der Waals surface area contributed by atoms with Crippen molar-refractivity contribution in [1.82, 2.24) is 9.78 Å². The number of halogens is 1. The molecule has 1 N–H and O–H groups in total. The number of hydrogen-bond acceptors (Lipinski definition) is 2. The van der Waals surface area contributed by atoms with Crippen LogP contribution in [-0.2, 0) is 0 Å². The molecular formula is C15H11BrN2O2. The number of aryl methyl sites for hydroxylation is 1. The van der Waals surface area contributed by atoms with Gasteiger partial charge in [0, 0.05) is 10.2 Å². The van der Waals surface area contributed by atoms with Crippen LogP contribution in [0.3, 0.4) is 0 Å². The highest BCUT2D eigenvalue weighted by Gasteiger charge is 2.11. The van der Waals surface area contributed by atoms with Crippen LogP contribution in [0.25, 0.3) is 16.5 Å². The van der Waals surface area contributed by atoms with Gasteiger partial charge in [0.2, 0.25) is 0 Å². The van der Waals surface area contributed by atoms with Crippen molar-refractivity contribution in [3.05, 3.63) is 58.3 Å². The Hall–Kier alpha value is -2.14. The number of rotatable bonds is 2. The minimum absolute atomic E-state index is 0.0541. The first-order chi connectivity index (χ1) is 9.54. The van der Waals surface area contributed by atoms with Crippen molar-refractivity contribution in [2.45, 2.75) is 6.92 Å². The van der Waals surface area contributed by atoms with Crippen LogP contribution in [0.15, 0.2) is 46.9 Å². The summed E-state index contributed by atoms with van der Waals surface area (Å²) in [6, 6.07) is 13.5. The van der Waals surface area contributed by atoms with E-state index in [1.165, 1.54) is 0 Å². The van der Waals surface area contributed by atoms with Crippen molar-refractivity contribution >= 4 is 32.7 Å². The molecule has 100 valence electrons. The Morgan fingerprint density at radius 2 is 1.85 bits per heavy atom. The van der Waals surface area contributed by atoms with Gasteiger partial charge in [0.05, 0.1) is 5.69 Å². The number of aromatic nitrogens is 2. The van der Waals surface area contributed by atoms with Crippen LogP contribution in [0.4, 0.5) is 0 Å². The third kappa shape index (κ3) is 2.20. The summed E-state index contributed by atoms with van der Waals surface area (Å²) in [5, 5.41) is 15.3. The molecule has 0 aliphatic heterocycles. The largest absolute Gasteiger partial charge is 0.476 e. The van der Waals surface area contributed by atoms with Crippen molar-refractivity contribution < 1.29 is 9.90 Å². The normalized spacial score (nSPS) is 10.9. The molecule has 0 unspecified atom stereocenters. The average Bonchev–Trinajstić information content (AvgIpc) is 2.80. The molecule has 3 rings (SSSR count). The molecule has 0 saturated carbocycles. The zero-order valence-electron chi connectivity index (χ0n) is 10.7. The first-order valence-electron chi connectivity index (χ1n) is 6.04. The highest BCUT2D eigenvalue weighted by molar-refractivity contribution is 9.10. The molecule has 3 aromatic rings. The molecule has 0 bridgehead atoms. The number of aromatic carboxylic acids is 1. The van der Waals surface area contributed by atoms with Gasteiger partial charge < -0.3 is 5.11 Å². The summed E-state index contributed by atoms with van der Waals surface area (Å²) in [4.78, 5) is 11.0. The summed E-state index contributed by atoms with van der Waals surface area (Å²) in [5.74, 6) is -1.02. The highest BCUT2D eigenvalue weighted by atomic mass is 79.9. The van der Waals surface area contributed by atoms with Gasteiger partial charge in [0.25, 0.3) is 0 Å². The van der Waals surface area contributed by atoms with Crippen LogP contribution >= 0.6 is 15.9 Å². The maximum Gasteiger partial charge on any atom is 0.356 e. The van der Waals surface area contributed by atoms with Crippen LogP contribution in [0.1, 0.15) is 16.2 Å². The monoisotopic (exact) mass is 330 g/mol. The molecule has 5 heteroatoms. The number of benzene rings is 2. The number of carboxylic acids is 1. The number of nitrogens with zero attached hydrogens (tertiary/aromatic N) is 2. The number of carboxylic acid groups (broad SMARTS) is 1. The van der Waals surface area contributed by atoms with E-state index in [-0.39, 0.29) is 5.69 Å². The van der Waals surface area contributed by atoms with E-state index in [9.17, 15) is 4.79 Å². The Morgan fingerprint density at radius 3 is 2.55 bits per heavy atom. The van der Waals surface area contributed by atoms with Crippen LogP contribution < -0.4 is 0 Å². The predicted molar refractivity (Wildman–Crippen MR) is 80.5 cm³/mol.